The van der Waals surface area contributed by atoms with Gasteiger partial charge in [0, 0.05) is 25.2 Å². The minimum absolute atomic E-state index is 0.0922. The number of ketones is 1. The summed E-state index contributed by atoms with van der Waals surface area (Å²) in [5.74, 6) is -0.673. The molecule has 0 saturated carbocycles. The van der Waals surface area contributed by atoms with Crippen molar-refractivity contribution < 1.29 is 19.1 Å². The molecule has 1 heterocycles. The van der Waals surface area contributed by atoms with E-state index in [1.807, 2.05) is 0 Å². The number of nitrogens with one attached hydrogen (secondary N) is 1. The van der Waals surface area contributed by atoms with E-state index in [2.05, 4.69) is 15.5 Å². The number of esters is 1. The normalized spacial score (nSPS) is 10.1. The van der Waals surface area contributed by atoms with Gasteiger partial charge in [-0.05, 0) is 36.4 Å². The van der Waals surface area contributed by atoms with Gasteiger partial charge >= 0.3 is 5.97 Å². The number of amides is 1. The van der Waals surface area contributed by atoms with Gasteiger partial charge in [-0.3, -0.25) is 14.4 Å². The lowest BCUT2D eigenvalue weighted by Crippen LogP contribution is -2.29. The molecule has 8 nitrogen and oxygen atoms in total. The summed E-state index contributed by atoms with van der Waals surface area (Å²) in [6.07, 6.45) is 0. The van der Waals surface area contributed by atoms with Crippen LogP contribution < -0.4 is 10.2 Å². The number of hydrogen-bond acceptors (Lipinski definition) is 7. The zero-order valence-corrected chi connectivity index (χ0v) is 15.0. The molecule has 0 fully saturated rings. The van der Waals surface area contributed by atoms with Crippen LogP contribution in [-0.2, 0) is 14.3 Å². The number of benzene rings is 1. The molecule has 9 heteroatoms. The van der Waals surface area contributed by atoms with Crippen LogP contribution in [0.15, 0.2) is 36.4 Å². The van der Waals surface area contributed by atoms with Gasteiger partial charge in [0.15, 0.2) is 23.4 Å². The highest BCUT2D eigenvalue weighted by Crippen LogP contribution is 2.11. The summed E-state index contributed by atoms with van der Waals surface area (Å²) in [6, 6.07) is 9.48. The fourth-order valence-corrected chi connectivity index (χ4v) is 2.11. The van der Waals surface area contributed by atoms with E-state index in [4.69, 9.17) is 16.3 Å². The summed E-state index contributed by atoms with van der Waals surface area (Å²) in [7, 11) is 1.64. The van der Waals surface area contributed by atoms with Crippen LogP contribution in [0.1, 0.15) is 17.3 Å². The lowest BCUT2D eigenvalue weighted by Gasteiger charge is -2.16. The standard InChI is InChI=1S/C17H17ClN4O4/c1-11(23)19-13-5-3-12(4-6-13)14(24)10-26-17(25)9-22(2)16-8-7-15(18)20-21-16/h3-8H,9-10H2,1-2H3,(H,19,23). The van der Waals surface area contributed by atoms with Crippen molar-refractivity contribution in [3.8, 4) is 0 Å². The Morgan fingerprint density at radius 3 is 2.38 bits per heavy atom. The molecular formula is C17H17ClN4O4. The molecule has 1 N–H and O–H groups in total. The molecule has 0 radical (unpaired) electrons. The van der Waals surface area contributed by atoms with Gasteiger partial charge in [-0.1, -0.05) is 11.6 Å². The highest BCUT2D eigenvalue weighted by Gasteiger charge is 2.13. The maximum absolute atomic E-state index is 12.1. The molecule has 2 aromatic rings. The van der Waals surface area contributed by atoms with Gasteiger partial charge < -0.3 is 15.0 Å². The molecule has 1 aromatic carbocycles. The second-order valence-corrected chi connectivity index (χ2v) is 5.80. The van der Waals surface area contributed by atoms with Crippen molar-refractivity contribution in [1.29, 1.82) is 0 Å². The number of halogens is 1. The Labute approximate surface area is 155 Å². The van der Waals surface area contributed by atoms with E-state index in [9.17, 15) is 14.4 Å². The van der Waals surface area contributed by atoms with Gasteiger partial charge in [-0.25, -0.2) is 0 Å². The number of ether oxygens (including phenoxy) is 1. The fraction of sp³-hybridized carbons (Fsp3) is 0.235. The minimum atomic E-state index is -0.576. The summed E-state index contributed by atoms with van der Waals surface area (Å²) in [5.41, 5.74) is 0.959. The van der Waals surface area contributed by atoms with Crippen LogP contribution in [0.4, 0.5) is 11.5 Å². The molecule has 0 aliphatic rings. The SMILES string of the molecule is CC(=O)Nc1ccc(C(=O)COC(=O)CN(C)c2ccc(Cl)nn2)cc1. The van der Waals surface area contributed by atoms with E-state index in [1.165, 1.54) is 11.8 Å². The van der Waals surface area contributed by atoms with Gasteiger partial charge in [-0.15, -0.1) is 10.2 Å². The Kier molecular flexibility index (Phi) is 6.62. The average Bonchev–Trinajstić information content (AvgIpc) is 2.60. The molecule has 136 valence electrons. The van der Waals surface area contributed by atoms with Crippen LogP contribution in [0, 0.1) is 0 Å². The first-order valence-electron chi connectivity index (χ1n) is 7.62. The Hall–Kier alpha value is -3.00. The number of Topliss-reactive ketones (excluding diaryl/α,β-unsaturated/α-hetero) is 1. The first-order valence-corrected chi connectivity index (χ1v) is 8.00. The number of nitrogens with zero attached hydrogens (tertiary/aromatic N) is 3. The second-order valence-electron chi connectivity index (χ2n) is 5.41. The molecule has 26 heavy (non-hydrogen) atoms. The number of carbonyl (C=O) groups is 3. The zero-order valence-electron chi connectivity index (χ0n) is 14.2. The smallest absolute Gasteiger partial charge is 0.326 e. The maximum Gasteiger partial charge on any atom is 0.326 e. The molecule has 2 rings (SSSR count). The molecule has 0 bridgehead atoms. The van der Waals surface area contributed by atoms with Crippen LogP contribution >= 0.6 is 11.6 Å². The minimum Gasteiger partial charge on any atom is -0.456 e. The molecule has 0 aliphatic carbocycles. The van der Waals surface area contributed by atoms with E-state index in [0.29, 0.717) is 17.1 Å². The lowest BCUT2D eigenvalue weighted by atomic mass is 10.1. The van der Waals surface area contributed by atoms with E-state index in [-0.39, 0.29) is 30.0 Å². The number of carbonyl (C=O) groups excluding carboxylic acids is 3. The van der Waals surface area contributed by atoms with Crippen LogP contribution in [0.25, 0.3) is 0 Å². The van der Waals surface area contributed by atoms with Crippen molar-refractivity contribution in [3.05, 3.63) is 47.1 Å². The zero-order chi connectivity index (χ0) is 19.1. The topological polar surface area (TPSA) is 101 Å². The van der Waals surface area contributed by atoms with Crippen molar-refractivity contribution in [2.75, 3.05) is 30.4 Å². The summed E-state index contributed by atoms with van der Waals surface area (Å²) in [5, 5.41) is 10.4. The van der Waals surface area contributed by atoms with Crippen molar-refractivity contribution >= 4 is 40.8 Å². The molecular weight excluding hydrogens is 360 g/mol. The number of likely N-dealkylation sites (N-methyl/N-ethyl adjacent to an activating group) is 1. The number of anilines is 2. The van der Waals surface area contributed by atoms with E-state index in [1.54, 1.807) is 43.4 Å². The third-order valence-corrected chi connectivity index (χ3v) is 3.47. The van der Waals surface area contributed by atoms with Crippen molar-refractivity contribution in [1.82, 2.24) is 10.2 Å². The van der Waals surface area contributed by atoms with E-state index >= 15 is 0 Å². The maximum atomic E-state index is 12.1. The van der Waals surface area contributed by atoms with Gasteiger partial charge in [0.05, 0.1) is 0 Å². The Morgan fingerprint density at radius 2 is 1.81 bits per heavy atom. The van der Waals surface area contributed by atoms with E-state index in [0.717, 1.165) is 0 Å². The van der Waals surface area contributed by atoms with Gasteiger partial charge in [0.1, 0.15) is 6.54 Å². The molecule has 0 atom stereocenters. The van der Waals surface area contributed by atoms with Crippen LogP contribution in [0.2, 0.25) is 5.15 Å². The first-order chi connectivity index (χ1) is 12.3. The number of aromatic nitrogens is 2. The highest BCUT2D eigenvalue weighted by molar-refractivity contribution is 6.29. The summed E-state index contributed by atoms with van der Waals surface area (Å²) in [6.45, 7) is 0.925. The van der Waals surface area contributed by atoms with Crippen LogP contribution in [-0.4, -0.2) is 48.1 Å². The molecule has 0 saturated heterocycles. The van der Waals surface area contributed by atoms with Gasteiger partial charge in [0.2, 0.25) is 5.91 Å². The third-order valence-electron chi connectivity index (χ3n) is 3.27. The van der Waals surface area contributed by atoms with Gasteiger partial charge in [-0.2, -0.15) is 0 Å². The Bertz CT molecular complexity index is 793. The molecule has 0 spiro atoms. The van der Waals surface area contributed by atoms with Crippen LogP contribution in [0.5, 0.6) is 0 Å². The largest absolute Gasteiger partial charge is 0.456 e. The Balaban J connectivity index is 1.83. The monoisotopic (exact) mass is 376 g/mol. The number of hydrogen-bond donors (Lipinski definition) is 1. The average molecular weight is 377 g/mol. The van der Waals surface area contributed by atoms with Crippen molar-refractivity contribution in [2.24, 2.45) is 0 Å². The summed E-state index contributed by atoms with van der Waals surface area (Å²) >= 11 is 5.66. The van der Waals surface area contributed by atoms with Gasteiger partial charge in [0.25, 0.3) is 0 Å². The van der Waals surface area contributed by atoms with Crippen molar-refractivity contribution in [3.63, 3.8) is 0 Å². The quantitative estimate of drug-likeness (QED) is 0.582. The molecule has 0 aliphatic heterocycles. The first kappa shape index (κ1) is 19.3. The van der Waals surface area contributed by atoms with E-state index < -0.39 is 5.97 Å². The summed E-state index contributed by atoms with van der Waals surface area (Å²) < 4.78 is 4.99. The number of rotatable bonds is 7. The third kappa shape index (κ3) is 5.82. The predicted octanol–water partition coefficient (Wildman–Crippen LogP) is 1.95. The Morgan fingerprint density at radius 1 is 1.12 bits per heavy atom. The lowest BCUT2D eigenvalue weighted by molar-refractivity contribution is -0.140. The fourth-order valence-electron chi connectivity index (χ4n) is 2.00. The molecule has 1 aromatic heterocycles. The summed E-state index contributed by atoms with van der Waals surface area (Å²) in [4.78, 5) is 36.4. The predicted molar refractivity (Wildman–Crippen MR) is 96.3 cm³/mol. The molecule has 1 amide bonds. The molecule has 0 unspecified atom stereocenters. The van der Waals surface area contributed by atoms with Crippen molar-refractivity contribution in [2.45, 2.75) is 6.92 Å². The highest BCUT2D eigenvalue weighted by atomic mass is 35.5. The second kappa shape index (κ2) is 8.91. The van der Waals surface area contributed by atoms with Crippen LogP contribution in [0.3, 0.4) is 0 Å².